The molecule has 1 aromatic carbocycles. The molecule has 1 amide bonds. The van der Waals surface area contributed by atoms with E-state index in [-0.39, 0.29) is 23.8 Å². The van der Waals surface area contributed by atoms with Gasteiger partial charge in [-0.1, -0.05) is 11.6 Å². The molecule has 2 N–H and O–H groups in total. The van der Waals surface area contributed by atoms with Crippen molar-refractivity contribution in [1.82, 2.24) is 14.3 Å². The van der Waals surface area contributed by atoms with Gasteiger partial charge in [-0.15, -0.1) is 0 Å². The first-order chi connectivity index (χ1) is 14.8. The van der Waals surface area contributed by atoms with E-state index in [4.69, 9.17) is 16.3 Å². The van der Waals surface area contributed by atoms with E-state index < -0.39 is 21.3 Å². The van der Waals surface area contributed by atoms with Gasteiger partial charge >= 0.3 is 0 Å². The molecule has 1 aromatic rings. The van der Waals surface area contributed by atoms with Crippen LogP contribution in [-0.4, -0.2) is 49.9 Å². The minimum absolute atomic E-state index is 0.0465. The average molecular weight is 484 g/mol. The van der Waals surface area contributed by atoms with Gasteiger partial charge in [0, 0.05) is 30.7 Å². The molecule has 4 aliphatic carbocycles. The summed E-state index contributed by atoms with van der Waals surface area (Å²) in [5, 5.41) is 3.91. The molecule has 4 fully saturated rings. The Morgan fingerprint density at radius 3 is 2.38 bits per heavy atom. The fourth-order valence-corrected chi connectivity index (χ4v) is 7.33. The maximum Gasteiger partial charge on any atom is 0.279 e. The minimum Gasteiger partial charge on any atom is -0.478 e. The first kappa shape index (κ1) is 23.8. The number of carbonyl (C=O) groups excluding carboxylic acids is 1. The molecular weight excluding hydrogens is 450 g/mol. The van der Waals surface area contributed by atoms with Crippen LogP contribution >= 0.6 is 11.6 Å². The Balaban J connectivity index is 1.46. The van der Waals surface area contributed by atoms with Gasteiger partial charge in [0.05, 0.1) is 0 Å². The third-order valence-corrected chi connectivity index (χ3v) is 9.33. The monoisotopic (exact) mass is 483 g/mol. The summed E-state index contributed by atoms with van der Waals surface area (Å²) in [7, 11) is -0.396. The highest BCUT2D eigenvalue weighted by Gasteiger charge is 2.57. The molecule has 0 aliphatic heterocycles. The number of amides is 1. The van der Waals surface area contributed by atoms with E-state index in [1.165, 1.54) is 4.31 Å². The van der Waals surface area contributed by atoms with Crippen LogP contribution in [0.2, 0.25) is 5.02 Å². The summed E-state index contributed by atoms with van der Waals surface area (Å²) in [6.45, 7) is 5.46. The Morgan fingerprint density at radius 1 is 1.19 bits per heavy atom. The summed E-state index contributed by atoms with van der Waals surface area (Å²) in [5.41, 5.74) is -0.562. The zero-order chi connectivity index (χ0) is 23.5. The molecule has 5 rings (SSSR count). The fraction of sp³-hybridized carbons (Fsp3) is 0.696. The molecule has 178 valence electrons. The van der Waals surface area contributed by atoms with Crippen molar-refractivity contribution in [2.24, 2.45) is 17.8 Å². The summed E-state index contributed by atoms with van der Waals surface area (Å²) >= 11 is 6.04. The Morgan fingerprint density at radius 2 is 1.81 bits per heavy atom. The summed E-state index contributed by atoms with van der Waals surface area (Å²) in [4.78, 5) is 13.3. The lowest BCUT2D eigenvalue weighted by Gasteiger charge is -2.60. The van der Waals surface area contributed by atoms with Gasteiger partial charge in [-0.25, -0.2) is 0 Å². The molecule has 4 saturated carbocycles. The lowest BCUT2D eigenvalue weighted by Crippen LogP contribution is -2.68. The van der Waals surface area contributed by atoms with Crippen molar-refractivity contribution in [3.63, 3.8) is 0 Å². The summed E-state index contributed by atoms with van der Waals surface area (Å²) in [6.07, 6.45) is 4.47. The zero-order valence-electron chi connectivity index (χ0n) is 19.4. The van der Waals surface area contributed by atoms with Gasteiger partial charge in [-0.05, 0) is 94.4 Å². The Kier molecular flexibility index (Phi) is 6.06. The molecule has 4 bridgehead atoms. The molecule has 0 aromatic heterocycles. The lowest BCUT2D eigenvalue weighted by atomic mass is 9.51. The molecule has 7 nitrogen and oxygen atoms in total. The van der Waals surface area contributed by atoms with E-state index in [9.17, 15) is 13.2 Å². The molecule has 4 aliphatic rings. The van der Waals surface area contributed by atoms with Crippen LogP contribution in [-0.2, 0) is 15.0 Å². The maximum absolute atomic E-state index is 13.3. The normalized spacial score (nSPS) is 31.7. The van der Waals surface area contributed by atoms with E-state index in [2.05, 4.69) is 10.0 Å². The van der Waals surface area contributed by atoms with Crippen molar-refractivity contribution >= 4 is 27.7 Å². The number of hydrogen-bond donors (Lipinski definition) is 2. The van der Waals surface area contributed by atoms with Gasteiger partial charge in [0.1, 0.15) is 5.75 Å². The number of ether oxygens (including phenoxy) is 1. The standard InChI is InChI=1S/C23H34ClN3O4S/c1-14-8-18(24)6-7-19(14)31-22(2,3)21(28)25-20-16-9-15-10-17(20)13-23(11-15,12-16)26-32(29,30)27(4)5/h6-8,15-17,20,26H,9-13H2,1-5H3,(H,25,28)/t15?,16-,17+,20?,23?. The van der Waals surface area contributed by atoms with Gasteiger partial charge < -0.3 is 10.1 Å². The van der Waals surface area contributed by atoms with Crippen LogP contribution in [0.4, 0.5) is 0 Å². The Hall–Kier alpha value is -1.35. The molecule has 0 spiro atoms. The molecular formula is C23H34ClN3O4S. The van der Waals surface area contributed by atoms with Gasteiger partial charge in [0.25, 0.3) is 16.1 Å². The quantitative estimate of drug-likeness (QED) is 0.623. The molecule has 32 heavy (non-hydrogen) atoms. The van der Waals surface area contributed by atoms with Crippen molar-refractivity contribution in [2.45, 2.75) is 70.1 Å². The van der Waals surface area contributed by atoms with Crippen molar-refractivity contribution in [3.8, 4) is 5.75 Å². The van der Waals surface area contributed by atoms with Crippen LogP contribution in [0.5, 0.6) is 5.75 Å². The smallest absolute Gasteiger partial charge is 0.279 e. The fourth-order valence-electron chi connectivity index (χ4n) is 6.12. The molecule has 0 heterocycles. The summed E-state index contributed by atoms with van der Waals surface area (Å²) in [6, 6.07) is 5.40. The first-order valence-electron chi connectivity index (χ1n) is 11.3. The van der Waals surface area contributed by atoms with Gasteiger partial charge in [-0.3, -0.25) is 4.79 Å². The SMILES string of the molecule is Cc1cc(Cl)ccc1OC(C)(C)C(=O)NC1[C@@H]2CC3C[C@H]1CC(NS(=O)(=O)N(C)C)(C3)C2. The molecule has 0 radical (unpaired) electrons. The molecule has 9 heteroatoms. The average Bonchev–Trinajstić information content (AvgIpc) is 2.65. The van der Waals surface area contributed by atoms with Crippen LogP contribution < -0.4 is 14.8 Å². The minimum atomic E-state index is -3.50. The zero-order valence-corrected chi connectivity index (χ0v) is 21.0. The molecule has 0 saturated heterocycles. The second kappa shape index (κ2) is 8.15. The van der Waals surface area contributed by atoms with Crippen LogP contribution in [0, 0.1) is 24.7 Å². The number of hydrogen-bond acceptors (Lipinski definition) is 4. The van der Waals surface area contributed by atoms with Crippen molar-refractivity contribution in [2.75, 3.05) is 14.1 Å². The van der Waals surface area contributed by atoms with E-state index in [1.807, 2.05) is 13.0 Å². The number of carbonyl (C=O) groups is 1. The number of nitrogens with zero attached hydrogens (tertiary/aromatic N) is 1. The third kappa shape index (κ3) is 4.52. The largest absolute Gasteiger partial charge is 0.478 e. The second-order valence-corrected chi connectivity index (χ2v) is 13.0. The third-order valence-electron chi connectivity index (χ3n) is 7.45. The van der Waals surface area contributed by atoms with Gasteiger partial charge in [-0.2, -0.15) is 17.4 Å². The van der Waals surface area contributed by atoms with Gasteiger partial charge in [0.15, 0.2) is 5.60 Å². The van der Waals surface area contributed by atoms with Crippen molar-refractivity contribution in [3.05, 3.63) is 28.8 Å². The lowest BCUT2D eigenvalue weighted by molar-refractivity contribution is -0.138. The van der Waals surface area contributed by atoms with E-state index in [0.29, 0.717) is 16.7 Å². The Labute approximate surface area is 196 Å². The predicted molar refractivity (Wildman–Crippen MR) is 125 cm³/mol. The number of rotatable bonds is 7. The predicted octanol–water partition coefficient (Wildman–Crippen LogP) is 3.27. The van der Waals surface area contributed by atoms with E-state index in [1.54, 1.807) is 40.1 Å². The number of halogens is 1. The first-order valence-corrected chi connectivity index (χ1v) is 13.1. The second-order valence-electron chi connectivity index (χ2n) is 10.7. The van der Waals surface area contributed by atoms with Crippen molar-refractivity contribution in [1.29, 1.82) is 0 Å². The number of nitrogens with one attached hydrogen (secondary N) is 2. The number of aryl methyl sites for hydroxylation is 1. The number of benzene rings is 1. The van der Waals surface area contributed by atoms with Crippen LogP contribution in [0.15, 0.2) is 18.2 Å². The van der Waals surface area contributed by atoms with Crippen LogP contribution in [0.25, 0.3) is 0 Å². The maximum atomic E-state index is 13.3. The van der Waals surface area contributed by atoms with Crippen LogP contribution in [0.3, 0.4) is 0 Å². The van der Waals surface area contributed by atoms with Gasteiger partial charge in [0.2, 0.25) is 0 Å². The molecule has 5 atom stereocenters. The van der Waals surface area contributed by atoms with E-state index in [0.717, 1.165) is 37.7 Å². The highest BCUT2D eigenvalue weighted by molar-refractivity contribution is 7.87. The Bertz CT molecular complexity index is 994. The topological polar surface area (TPSA) is 87.7 Å². The summed E-state index contributed by atoms with van der Waals surface area (Å²) in [5.74, 6) is 1.53. The highest BCUT2D eigenvalue weighted by atomic mass is 35.5. The van der Waals surface area contributed by atoms with Crippen LogP contribution in [0.1, 0.15) is 51.5 Å². The highest BCUT2D eigenvalue weighted by Crippen LogP contribution is 2.56. The summed E-state index contributed by atoms with van der Waals surface area (Å²) < 4.78 is 35.4. The van der Waals surface area contributed by atoms with E-state index >= 15 is 0 Å². The van der Waals surface area contributed by atoms with Crippen molar-refractivity contribution < 1.29 is 17.9 Å². The molecule has 3 unspecified atom stereocenters.